The SMILES string of the molecule is O=C(Oc1cccc(Cl)c1)C1CC1. The third-order valence-electron chi connectivity index (χ3n) is 1.93. The Kier molecular flexibility index (Phi) is 2.23. The zero-order valence-corrected chi connectivity index (χ0v) is 7.75. The first kappa shape index (κ1) is 8.57. The van der Waals surface area contributed by atoms with Crippen LogP contribution in [0.5, 0.6) is 5.75 Å². The molecule has 13 heavy (non-hydrogen) atoms. The molecule has 0 amide bonds. The highest BCUT2D eigenvalue weighted by Crippen LogP contribution is 2.31. The van der Waals surface area contributed by atoms with E-state index in [9.17, 15) is 4.79 Å². The van der Waals surface area contributed by atoms with Crippen LogP contribution >= 0.6 is 11.6 Å². The molecular formula is C10H9ClO2. The van der Waals surface area contributed by atoms with Crippen LogP contribution in [-0.2, 0) is 4.79 Å². The molecule has 0 saturated heterocycles. The lowest BCUT2D eigenvalue weighted by atomic mass is 10.3. The lowest BCUT2D eigenvalue weighted by molar-refractivity contribution is -0.135. The third kappa shape index (κ3) is 2.22. The van der Waals surface area contributed by atoms with Crippen LogP contribution in [-0.4, -0.2) is 5.97 Å². The highest BCUT2D eigenvalue weighted by Gasteiger charge is 2.31. The number of esters is 1. The van der Waals surface area contributed by atoms with Gasteiger partial charge in [0.1, 0.15) is 5.75 Å². The van der Waals surface area contributed by atoms with E-state index < -0.39 is 0 Å². The standard InChI is InChI=1S/C10H9ClO2/c11-8-2-1-3-9(6-8)13-10(12)7-4-5-7/h1-3,6-7H,4-5H2. The van der Waals surface area contributed by atoms with Crippen molar-refractivity contribution in [2.75, 3.05) is 0 Å². The second-order valence-electron chi connectivity index (χ2n) is 3.15. The zero-order chi connectivity index (χ0) is 9.26. The molecule has 1 aromatic rings. The molecule has 0 spiro atoms. The van der Waals surface area contributed by atoms with E-state index in [0.29, 0.717) is 10.8 Å². The summed E-state index contributed by atoms with van der Waals surface area (Å²) in [5.74, 6) is 0.519. The van der Waals surface area contributed by atoms with Crippen molar-refractivity contribution >= 4 is 17.6 Å². The first-order chi connectivity index (χ1) is 6.25. The van der Waals surface area contributed by atoms with Crippen molar-refractivity contribution in [2.45, 2.75) is 12.8 Å². The van der Waals surface area contributed by atoms with E-state index in [1.165, 1.54) is 0 Å². The summed E-state index contributed by atoms with van der Waals surface area (Å²) < 4.78 is 5.10. The second-order valence-corrected chi connectivity index (χ2v) is 3.59. The Balaban J connectivity index is 2.04. The molecule has 68 valence electrons. The third-order valence-corrected chi connectivity index (χ3v) is 2.16. The monoisotopic (exact) mass is 196 g/mol. The number of hydrogen-bond donors (Lipinski definition) is 0. The Labute approximate surface area is 81.5 Å². The molecule has 0 radical (unpaired) electrons. The average Bonchev–Trinajstić information content (AvgIpc) is 2.85. The fraction of sp³-hybridized carbons (Fsp3) is 0.300. The van der Waals surface area contributed by atoms with Gasteiger partial charge in [-0.15, -0.1) is 0 Å². The molecule has 0 bridgehead atoms. The number of benzene rings is 1. The van der Waals surface area contributed by atoms with E-state index in [4.69, 9.17) is 16.3 Å². The maximum absolute atomic E-state index is 11.2. The van der Waals surface area contributed by atoms with Gasteiger partial charge in [-0.3, -0.25) is 4.79 Å². The van der Waals surface area contributed by atoms with Gasteiger partial charge in [0, 0.05) is 5.02 Å². The highest BCUT2D eigenvalue weighted by molar-refractivity contribution is 6.30. The average molecular weight is 197 g/mol. The van der Waals surface area contributed by atoms with E-state index in [1.54, 1.807) is 24.3 Å². The van der Waals surface area contributed by atoms with Crippen molar-refractivity contribution in [2.24, 2.45) is 5.92 Å². The molecule has 0 N–H and O–H groups in total. The Morgan fingerprint density at radius 2 is 2.23 bits per heavy atom. The quantitative estimate of drug-likeness (QED) is 0.537. The molecular weight excluding hydrogens is 188 g/mol. The van der Waals surface area contributed by atoms with Gasteiger partial charge in [-0.05, 0) is 31.0 Å². The summed E-state index contributed by atoms with van der Waals surface area (Å²) in [6.45, 7) is 0. The summed E-state index contributed by atoms with van der Waals surface area (Å²) in [6, 6.07) is 6.88. The van der Waals surface area contributed by atoms with Gasteiger partial charge in [0.25, 0.3) is 0 Å². The van der Waals surface area contributed by atoms with Gasteiger partial charge in [-0.25, -0.2) is 0 Å². The molecule has 1 saturated carbocycles. The minimum absolute atomic E-state index is 0.124. The zero-order valence-electron chi connectivity index (χ0n) is 7.00. The fourth-order valence-electron chi connectivity index (χ4n) is 1.05. The van der Waals surface area contributed by atoms with Crippen LogP contribution < -0.4 is 4.74 Å². The fourth-order valence-corrected chi connectivity index (χ4v) is 1.23. The molecule has 1 aromatic carbocycles. The van der Waals surface area contributed by atoms with E-state index in [-0.39, 0.29) is 11.9 Å². The van der Waals surface area contributed by atoms with Gasteiger partial charge >= 0.3 is 5.97 Å². The van der Waals surface area contributed by atoms with Crippen molar-refractivity contribution in [1.82, 2.24) is 0 Å². The summed E-state index contributed by atoms with van der Waals surface area (Å²) in [5, 5.41) is 0.584. The Morgan fingerprint density at radius 3 is 2.85 bits per heavy atom. The minimum Gasteiger partial charge on any atom is -0.426 e. The van der Waals surface area contributed by atoms with Crippen molar-refractivity contribution in [1.29, 1.82) is 0 Å². The first-order valence-corrected chi connectivity index (χ1v) is 4.61. The van der Waals surface area contributed by atoms with Crippen LogP contribution in [0.4, 0.5) is 0 Å². The molecule has 1 fully saturated rings. The molecule has 0 atom stereocenters. The van der Waals surface area contributed by atoms with Gasteiger partial charge in [0.2, 0.25) is 0 Å². The lowest BCUT2D eigenvalue weighted by Gasteiger charge is -2.02. The van der Waals surface area contributed by atoms with Gasteiger partial charge < -0.3 is 4.74 Å². The van der Waals surface area contributed by atoms with Crippen molar-refractivity contribution in [3.05, 3.63) is 29.3 Å². The summed E-state index contributed by atoms with van der Waals surface area (Å²) in [6.07, 6.45) is 1.92. The van der Waals surface area contributed by atoms with Crippen LogP contribution in [0.3, 0.4) is 0 Å². The maximum atomic E-state index is 11.2. The number of ether oxygens (including phenoxy) is 1. The van der Waals surface area contributed by atoms with Crippen LogP contribution in [0.25, 0.3) is 0 Å². The summed E-state index contributed by atoms with van der Waals surface area (Å²) >= 11 is 5.73. The van der Waals surface area contributed by atoms with E-state index in [0.717, 1.165) is 12.8 Å². The molecule has 3 heteroatoms. The topological polar surface area (TPSA) is 26.3 Å². The van der Waals surface area contributed by atoms with Crippen molar-refractivity contribution in [3.8, 4) is 5.75 Å². The minimum atomic E-state index is -0.137. The van der Waals surface area contributed by atoms with Gasteiger partial charge in [0.15, 0.2) is 0 Å². The van der Waals surface area contributed by atoms with Crippen molar-refractivity contribution in [3.63, 3.8) is 0 Å². The van der Waals surface area contributed by atoms with Crippen LogP contribution in [0.2, 0.25) is 5.02 Å². The van der Waals surface area contributed by atoms with Gasteiger partial charge in [-0.1, -0.05) is 17.7 Å². The Bertz CT molecular complexity index is 331. The van der Waals surface area contributed by atoms with Crippen LogP contribution in [0.1, 0.15) is 12.8 Å². The molecule has 2 nitrogen and oxygen atoms in total. The largest absolute Gasteiger partial charge is 0.426 e. The number of carbonyl (C=O) groups is 1. The van der Waals surface area contributed by atoms with E-state index >= 15 is 0 Å². The van der Waals surface area contributed by atoms with Crippen LogP contribution in [0, 0.1) is 5.92 Å². The molecule has 1 aliphatic rings. The molecule has 2 rings (SSSR count). The lowest BCUT2D eigenvalue weighted by Crippen LogP contribution is -2.09. The predicted molar refractivity (Wildman–Crippen MR) is 49.8 cm³/mol. The predicted octanol–water partition coefficient (Wildman–Crippen LogP) is 2.66. The Hall–Kier alpha value is -1.02. The Morgan fingerprint density at radius 1 is 1.46 bits per heavy atom. The molecule has 1 aliphatic carbocycles. The first-order valence-electron chi connectivity index (χ1n) is 4.23. The summed E-state index contributed by atoms with van der Waals surface area (Å²) in [7, 11) is 0. The summed E-state index contributed by atoms with van der Waals surface area (Å²) in [5.41, 5.74) is 0. The molecule has 0 aliphatic heterocycles. The normalized spacial score (nSPS) is 15.5. The van der Waals surface area contributed by atoms with Gasteiger partial charge in [-0.2, -0.15) is 0 Å². The maximum Gasteiger partial charge on any atom is 0.314 e. The smallest absolute Gasteiger partial charge is 0.314 e. The highest BCUT2D eigenvalue weighted by atomic mass is 35.5. The van der Waals surface area contributed by atoms with Gasteiger partial charge in [0.05, 0.1) is 5.92 Å². The summed E-state index contributed by atoms with van der Waals surface area (Å²) in [4.78, 5) is 11.2. The molecule has 0 heterocycles. The second kappa shape index (κ2) is 3.38. The molecule has 0 unspecified atom stereocenters. The number of rotatable bonds is 2. The van der Waals surface area contributed by atoms with Crippen molar-refractivity contribution < 1.29 is 9.53 Å². The van der Waals surface area contributed by atoms with E-state index in [1.807, 2.05) is 0 Å². The number of carbonyl (C=O) groups excluding carboxylic acids is 1. The molecule has 0 aromatic heterocycles. The number of halogens is 1. The van der Waals surface area contributed by atoms with E-state index in [2.05, 4.69) is 0 Å². The van der Waals surface area contributed by atoms with Crippen LogP contribution in [0.15, 0.2) is 24.3 Å². The number of hydrogen-bond acceptors (Lipinski definition) is 2.